The number of rotatable bonds is 6. The number of nitrogens with zero attached hydrogens (tertiary/aromatic N) is 3. The summed E-state index contributed by atoms with van der Waals surface area (Å²) in [7, 11) is 0. The third kappa shape index (κ3) is 4.26. The molecule has 0 radical (unpaired) electrons. The van der Waals surface area contributed by atoms with Crippen LogP contribution in [-0.4, -0.2) is 22.1 Å². The highest BCUT2D eigenvalue weighted by atomic mass is 16.3. The Labute approximate surface area is 197 Å². The van der Waals surface area contributed by atoms with E-state index >= 15 is 0 Å². The maximum Gasteiger partial charge on any atom is 0.283 e. The zero-order valence-corrected chi connectivity index (χ0v) is 18.8. The number of anilines is 1. The highest BCUT2D eigenvalue weighted by Gasteiger charge is 2.17. The summed E-state index contributed by atoms with van der Waals surface area (Å²) in [5, 5.41) is 25.2. The lowest BCUT2D eigenvalue weighted by molar-refractivity contribution is -0.116. The molecule has 0 fully saturated rings. The molecule has 0 aliphatic heterocycles. The Kier molecular flexibility index (Phi) is 5.79. The maximum atomic E-state index is 12.4. The smallest absolute Gasteiger partial charge is 0.283 e. The second-order valence-corrected chi connectivity index (χ2v) is 8.23. The number of benzene rings is 4. The SMILES string of the molecule is Cc1cccc(NCC(=O)N=Nc2c(O)n(Cc3cccc4ccccc34)c3ccccc23)c1. The van der Waals surface area contributed by atoms with Crippen LogP contribution < -0.4 is 5.32 Å². The first-order valence-electron chi connectivity index (χ1n) is 11.1. The lowest BCUT2D eigenvalue weighted by atomic mass is 10.0. The van der Waals surface area contributed by atoms with E-state index in [9.17, 15) is 9.90 Å². The van der Waals surface area contributed by atoms with E-state index in [0.29, 0.717) is 12.2 Å². The summed E-state index contributed by atoms with van der Waals surface area (Å²) < 4.78 is 1.81. The normalized spacial score (nSPS) is 11.4. The van der Waals surface area contributed by atoms with E-state index < -0.39 is 5.91 Å². The average molecular weight is 449 g/mol. The van der Waals surface area contributed by atoms with Gasteiger partial charge in [-0.2, -0.15) is 0 Å². The number of amides is 1. The van der Waals surface area contributed by atoms with Gasteiger partial charge in [-0.15, -0.1) is 10.2 Å². The van der Waals surface area contributed by atoms with Gasteiger partial charge in [-0.3, -0.25) is 4.79 Å². The fourth-order valence-corrected chi connectivity index (χ4v) is 4.20. The number of nitrogens with one attached hydrogen (secondary N) is 1. The van der Waals surface area contributed by atoms with E-state index in [1.807, 2.05) is 73.7 Å². The van der Waals surface area contributed by atoms with Crippen LogP contribution in [0.4, 0.5) is 11.4 Å². The number of aromatic nitrogens is 1. The number of para-hydroxylation sites is 1. The first-order valence-corrected chi connectivity index (χ1v) is 11.1. The molecule has 5 rings (SSSR count). The largest absolute Gasteiger partial charge is 0.493 e. The van der Waals surface area contributed by atoms with E-state index in [1.54, 1.807) is 4.57 Å². The fourth-order valence-electron chi connectivity index (χ4n) is 4.20. The van der Waals surface area contributed by atoms with Crippen molar-refractivity contribution < 1.29 is 9.90 Å². The minimum absolute atomic E-state index is 0.0162. The lowest BCUT2D eigenvalue weighted by Crippen LogP contribution is -2.10. The van der Waals surface area contributed by atoms with Gasteiger partial charge in [-0.1, -0.05) is 72.8 Å². The number of fused-ring (bicyclic) bond motifs is 2. The quantitative estimate of drug-likeness (QED) is 0.288. The summed E-state index contributed by atoms with van der Waals surface area (Å²) >= 11 is 0. The Morgan fingerprint density at radius 1 is 0.912 bits per heavy atom. The number of carbonyl (C=O) groups excluding carboxylic acids is 1. The van der Waals surface area contributed by atoms with Crippen molar-refractivity contribution in [2.45, 2.75) is 13.5 Å². The highest BCUT2D eigenvalue weighted by Crippen LogP contribution is 2.39. The third-order valence-electron chi connectivity index (χ3n) is 5.85. The molecule has 1 amide bonds. The standard InChI is InChI=1S/C28H24N4O2/c1-19-8-6-12-22(16-19)29-17-26(33)30-31-27-24-14-4-5-15-25(24)32(28(27)34)18-21-11-7-10-20-9-2-3-13-23(20)21/h2-16,29,34H,17-18H2,1H3. The summed E-state index contributed by atoms with van der Waals surface area (Å²) in [6.07, 6.45) is 0. The number of aromatic hydroxyl groups is 1. The molecule has 34 heavy (non-hydrogen) atoms. The van der Waals surface area contributed by atoms with Crippen molar-refractivity contribution in [1.29, 1.82) is 0 Å². The van der Waals surface area contributed by atoms with Crippen LogP contribution >= 0.6 is 0 Å². The Morgan fingerprint density at radius 2 is 1.65 bits per heavy atom. The first-order chi connectivity index (χ1) is 16.6. The van der Waals surface area contributed by atoms with Gasteiger partial charge in [0, 0.05) is 11.1 Å². The minimum Gasteiger partial charge on any atom is -0.493 e. The fraction of sp³-hybridized carbons (Fsp3) is 0.107. The van der Waals surface area contributed by atoms with Crippen molar-refractivity contribution >= 4 is 39.0 Å². The van der Waals surface area contributed by atoms with Crippen molar-refractivity contribution in [3.05, 3.63) is 102 Å². The van der Waals surface area contributed by atoms with Gasteiger partial charge in [0.05, 0.1) is 18.6 Å². The molecular formula is C28H24N4O2. The molecule has 0 unspecified atom stereocenters. The van der Waals surface area contributed by atoms with E-state index in [2.05, 4.69) is 39.8 Å². The predicted octanol–water partition coefficient (Wildman–Crippen LogP) is 6.58. The van der Waals surface area contributed by atoms with Crippen LogP contribution in [0.25, 0.3) is 21.7 Å². The van der Waals surface area contributed by atoms with Crippen LogP contribution in [0.3, 0.4) is 0 Å². The molecule has 168 valence electrons. The number of hydrogen-bond donors (Lipinski definition) is 2. The average Bonchev–Trinajstić information content (AvgIpc) is 3.12. The molecule has 6 heteroatoms. The topological polar surface area (TPSA) is 79.0 Å². The number of hydrogen-bond acceptors (Lipinski definition) is 4. The van der Waals surface area contributed by atoms with Crippen LogP contribution in [0.15, 0.2) is 101 Å². The van der Waals surface area contributed by atoms with Gasteiger partial charge in [0.25, 0.3) is 5.91 Å². The van der Waals surface area contributed by atoms with Crippen LogP contribution in [0.5, 0.6) is 5.88 Å². The second kappa shape index (κ2) is 9.19. The Hall–Kier alpha value is -4.45. The predicted molar refractivity (Wildman–Crippen MR) is 136 cm³/mol. The monoisotopic (exact) mass is 448 g/mol. The zero-order valence-electron chi connectivity index (χ0n) is 18.8. The molecule has 0 saturated heterocycles. The molecule has 0 aliphatic rings. The van der Waals surface area contributed by atoms with E-state index in [-0.39, 0.29) is 12.4 Å². The highest BCUT2D eigenvalue weighted by molar-refractivity contribution is 5.96. The molecule has 0 spiro atoms. The van der Waals surface area contributed by atoms with Crippen LogP contribution in [0.1, 0.15) is 11.1 Å². The maximum absolute atomic E-state index is 12.4. The molecule has 1 heterocycles. The van der Waals surface area contributed by atoms with Crippen LogP contribution in [-0.2, 0) is 11.3 Å². The van der Waals surface area contributed by atoms with E-state index in [1.165, 1.54) is 0 Å². The molecular weight excluding hydrogens is 424 g/mol. The summed E-state index contributed by atoms with van der Waals surface area (Å²) in [4.78, 5) is 12.4. The van der Waals surface area contributed by atoms with E-state index in [4.69, 9.17) is 0 Å². The Bertz CT molecular complexity index is 1530. The van der Waals surface area contributed by atoms with Crippen LogP contribution in [0, 0.1) is 6.92 Å². The van der Waals surface area contributed by atoms with Crippen molar-refractivity contribution in [1.82, 2.24) is 4.57 Å². The molecule has 2 N–H and O–H groups in total. The molecule has 1 aromatic heterocycles. The van der Waals surface area contributed by atoms with Crippen molar-refractivity contribution in [2.75, 3.05) is 11.9 Å². The van der Waals surface area contributed by atoms with Crippen LogP contribution in [0.2, 0.25) is 0 Å². The van der Waals surface area contributed by atoms with Gasteiger partial charge >= 0.3 is 0 Å². The molecule has 5 aromatic rings. The van der Waals surface area contributed by atoms with Gasteiger partial charge < -0.3 is 15.0 Å². The summed E-state index contributed by atoms with van der Waals surface area (Å²) in [6, 6.07) is 29.7. The number of azo groups is 1. The van der Waals surface area contributed by atoms with Gasteiger partial charge in [0.2, 0.25) is 5.88 Å². The Balaban J connectivity index is 1.43. The van der Waals surface area contributed by atoms with Gasteiger partial charge in [-0.25, -0.2) is 0 Å². The van der Waals surface area contributed by atoms with Crippen molar-refractivity contribution in [3.8, 4) is 5.88 Å². The van der Waals surface area contributed by atoms with Crippen molar-refractivity contribution in [3.63, 3.8) is 0 Å². The van der Waals surface area contributed by atoms with Crippen molar-refractivity contribution in [2.24, 2.45) is 10.2 Å². The summed E-state index contributed by atoms with van der Waals surface area (Å²) in [5.41, 5.74) is 4.14. The first kappa shape index (κ1) is 21.4. The lowest BCUT2D eigenvalue weighted by Gasteiger charge is -2.10. The van der Waals surface area contributed by atoms with Gasteiger partial charge in [-0.05, 0) is 47.0 Å². The summed E-state index contributed by atoms with van der Waals surface area (Å²) in [5.74, 6) is -0.441. The van der Waals surface area contributed by atoms with Gasteiger partial charge in [0.15, 0.2) is 5.69 Å². The molecule has 0 aliphatic carbocycles. The zero-order chi connectivity index (χ0) is 23.5. The Morgan fingerprint density at radius 3 is 2.50 bits per heavy atom. The van der Waals surface area contributed by atoms with Gasteiger partial charge in [0.1, 0.15) is 0 Å². The number of aryl methyl sites for hydroxylation is 1. The molecule has 0 saturated carbocycles. The molecule has 0 atom stereocenters. The number of carbonyl (C=O) groups is 1. The summed E-state index contributed by atoms with van der Waals surface area (Å²) in [6.45, 7) is 2.47. The third-order valence-corrected chi connectivity index (χ3v) is 5.85. The molecule has 6 nitrogen and oxygen atoms in total. The second-order valence-electron chi connectivity index (χ2n) is 8.23. The van der Waals surface area contributed by atoms with E-state index in [0.717, 1.165) is 38.5 Å². The molecule has 4 aromatic carbocycles. The molecule has 0 bridgehead atoms. The minimum atomic E-state index is -0.424.